The maximum Gasteiger partial charge on any atom is 0.337 e. The highest BCUT2D eigenvalue weighted by Gasteiger charge is 2.06. The van der Waals surface area contributed by atoms with Crippen LogP contribution in [0.25, 0.3) is 0 Å². The first-order chi connectivity index (χ1) is 5.11. The van der Waals surface area contributed by atoms with Gasteiger partial charge in [0.05, 0.1) is 10.6 Å². The van der Waals surface area contributed by atoms with Crippen LogP contribution in [0, 0.1) is 0 Å². The fourth-order valence-electron chi connectivity index (χ4n) is 0.794. The van der Waals surface area contributed by atoms with E-state index < -0.39 is 5.97 Å². The molecule has 1 N–H and O–H groups in total. The number of carboxylic acid groups (broad SMARTS) is 1. The van der Waals surface area contributed by atoms with Crippen molar-refractivity contribution in [3.63, 3.8) is 0 Å². The van der Waals surface area contributed by atoms with Gasteiger partial charge in [-0.1, -0.05) is 23.1 Å². The molecule has 0 heterocycles. The van der Waals surface area contributed by atoms with Crippen LogP contribution in [-0.2, 0) is 0 Å². The van der Waals surface area contributed by atoms with Gasteiger partial charge in [-0.15, -0.1) is 0 Å². The topological polar surface area (TPSA) is 37.3 Å². The van der Waals surface area contributed by atoms with E-state index in [1.807, 2.05) is 7.85 Å². The first-order valence-electron chi connectivity index (χ1n) is 3.10. The molecule has 0 saturated carbocycles. The Kier molecular flexibility index (Phi) is 2.20. The van der Waals surface area contributed by atoms with Crippen molar-refractivity contribution in [3.05, 3.63) is 28.8 Å². The molecule has 0 aliphatic rings. The van der Waals surface area contributed by atoms with Crippen LogP contribution in [0.2, 0.25) is 5.02 Å². The summed E-state index contributed by atoms with van der Waals surface area (Å²) in [4.78, 5) is 10.4. The van der Waals surface area contributed by atoms with E-state index in [0.717, 1.165) is 5.46 Å². The first kappa shape index (κ1) is 8.14. The van der Waals surface area contributed by atoms with E-state index in [2.05, 4.69) is 0 Å². The molecule has 1 rings (SSSR count). The third-order valence-corrected chi connectivity index (χ3v) is 1.67. The molecule has 0 amide bonds. The molecular formula is C7H6BClO2. The third-order valence-electron chi connectivity index (χ3n) is 1.35. The molecule has 56 valence electrons. The molecule has 0 saturated heterocycles. The van der Waals surface area contributed by atoms with Crippen LogP contribution in [0.5, 0.6) is 0 Å². The van der Waals surface area contributed by atoms with Gasteiger partial charge in [0.15, 0.2) is 0 Å². The van der Waals surface area contributed by atoms with Gasteiger partial charge in [0.25, 0.3) is 0 Å². The lowest BCUT2D eigenvalue weighted by Crippen LogP contribution is -2.05. The quantitative estimate of drug-likeness (QED) is 0.612. The number of hydrogen-bond acceptors (Lipinski definition) is 1. The average molecular weight is 168 g/mol. The highest BCUT2D eigenvalue weighted by Crippen LogP contribution is 2.12. The molecule has 0 bridgehead atoms. The van der Waals surface area contributed by atoms with Gasteiger partial charge in [-0.3, -0.25) is 0 Å². The Morgan fingerprint density at radius 3 is 2.64 bits per heavy atom. The summed E-state index contributed by atoms with van der Waals surface area (Å²) >= 11 is 5.64. The number of aromatic carboxylic acids is 1. The van der Waals surface area contributed by atoms with Crippen LogP contribution in [0.1, 0.15) is 10.4 Å². The molecule has 4 heteroatoms. The third kappa shape index (κ3) is 1.74. The number of halogens is 1. The van der Waals surface area contributed by atoms with Gasteiger partial charge in [-0.2, -0.15) is 0 Å². The SMILES string of the molecule is Bc1ccc(C(=O)O)c(Cl)c1. The fourth-order valence-corrected chi connectivity index (χ4v) is 1.11. The molecule has 2 nitrogen and oxygen atoms in total. The number of hydrogen-bond donors (Lipinski definition) is 1. The molecule has 0 aliphatic heterocycles. The van der Waals surface area contributed by atoms with Crippen LogP contribution < -0.4 is 5.46 Å². The van der Waals surface area contributed by atoms with Gasteiger partial charge < -0.3 is 5.11 Å². The lowest BCUT2D eigenvalue weighted by atomic mass is 9.95. The van der Waals surface area contributed by atoms with Gasteiger partial charge >= 0.3 is 5.97 Å². The second kappa shape index (κ2) is 2.97. The van der Waals surface area contributed by atoms with Gasteiger partial charge in [-0.05, 0) is 12.1 Å². The molecule has 1 aromatic carbocycles. The van der Waals surface area contributed by atoms with Gasteiger partial charge in [0, 0.05) is 0 Å². The summed E-state index contributed by atoms with van der Waals surface area (Å²) < 4.78 is 0. The summed E-state index contributed by atoms with van der Waals surface area (Å²) in [6.45, 7) is 0. The maximum absolute atomic E-state index is 10.4. The largest absolute Gasteiger partial charge is 0.478 e. The molecule has 11 heavy (non-hydrogen) atoms. The van der Waals surface area contributed by atoms with Gasteiger partial charge in [0.2, 0.25) is 0 Å². The van der Waals surface area contributed by atoms with Crippen LogP contribution in [-0.4, -0.2) is 18.9 Å². The van der Waals surface area contributed by atoms with Crippen molar-refractivity contribution < 1.29 is 9.90 Å². The molecule has 0 spiro atoms. The molecule has 0 radical (unpaired) electrons. The normalized spacial score (nSPS) is 9.55. The molecule has 0 aromatic heterocycles. The van der Waals surface area contributed by atoms with Crippen molar-refractivity contribution in [1.29, 1.82) is 0 Å². The monoisotopic (exact) mass is 168 g/mol. The maximum atomic E-state index is 10.4. The lowest BCUT2D eigenvalue weighted by Gasteiger charge is -1.98. The second-order valence-corrected chi connectivity index (χ2v) is 2.70. The Morgan fingerprint density at radius 2 is 2.18 bits per heavy atom. The summed E-state index contributed by atoms with van der Waals surface area (Å²) in [5, 5.41) is 8.86. The average Bonchev–Trinajstić information content (AvgIpc) is 1.85. The van der Waals surface area contributed by atoms with Gasteiger partial charge in [0.1, 0.15) is 7.85 Å². The summed E-state index contributed by atoms with van der Waals surface area (Å²) in [5.41, 5.74) is 1.11. The number of benzene rings is 1. The van der Waals surface area contributed by atoms with Crippen molar-refractivity contribution in [2.24, 2.45) is 0 Å². The minimum Gasteiger partial charge on any atom is -0.478 e. The Labute approximate surface area is 70.2 Å². The highest BCUT2D eigenvalue weighted by molar-refractivity contribution is 6.37. The molecule has 0 unspecified atom stereocenters. The van der Waals surface area contributed by atoms with E-state index >= 15 is 0 Å². The predicted octanol–water partition coefficient (Wildman–Crippen LogP) is 0.297. The van der Waals surface area contributed by atoms with E-state index in [9.17, 15) is 4.79 Å². The minimum atomic E-state index is -0.991. The van der Waals surface area contributed by atoms with Crippen molar-refractivity contribution in [2.75, 3.05) is 0 Å². The first-order valence-corrected chi connectivity index (χ1v) is 3.48. The van der Waals surface area contributed by atoms with Crippen LogP contribution in [0.4, 0.5) is 0 Å². The highest BCUT2D eigenvalue weighted by atomic mass is 35.5. The Bertz CT molecular complexity index is 298. The molecule has 0 aliphatic carbocycles. The Hall–Kier alpha value is -0.955. The fraction of sp³-hybridized carbons (Fsp3) is 0. The zero-order valence-electron chi connectivity index (χ0n) is 5.97. The van der Waals surface area contributed by atoms with Crippen LogP contribution in [0.3, 0.4) is 0 Å². The smallest absolute Gasteiger partial charge is 0.337 e. The number of carboxylic acids is 1. The summed E-state index contributed by atoms with van der Waals surface area (Å²) in [6.07, 6.45) is 0. The van der Waals surface area contributed by atoms with E-state index in [4.69, 9.17) is 16.7 Å². The molecular weight excluding hydrogens is 162 g/mol. The molecule has 0 fully saturated rings. The number of carbonyl (C=O) groups is 1. The molecule has 0 atom stereocenters. The van der Waals surface area contributed by atoms with Crippen molar-refractivity contribution in [2.45, 2.75) is 0 Å². The summed E-state index contributed by atoms with van der Waals surface area (Å²) in [6, 6.07) is 4.85. The zero-order valence-corrected chi connectivity index (χ0v) is 6.72. The summed E-state index contributed by atoms with van der Waals surface area (Å²) in [5.74, 6) is -0.991. The summed E-state index contributed by atoms with van der Waals surface area (Å²) in [7, 11) is 1.86. The van der Waals surface area contributed by atoms with Gasteiger partial charge in [-0.25, -0.2) is 4.79 Å². The standard InChI is InChI=1S/C7H6BClO2/c8-4-1-2-5(7(10)11)6(9)3-4/h1-3H,8H2,(H,10,11). The number of rotatable bonds is 1. The van der Waals surface area contributed by atoms with Crippen LogP contribution >= 0.6 is 11.6 Å². The van der Waals surface area contributed by atoms with Crippen LogP contribution in [0.15, 0.2) is 18.2 Å². The Morgan fingerprint density at radius 1 is 1.55 bits per heavy atom. The van der Waals surface area contributed by atoms with Crippen molar-refractivity contribution in [1.82, 2.24) is 0 Å². The van der Waals surface area contributed by atoms with E-state index in [-0.39, 0.29) is 10.6 Å². The zero-order chi connectivity index (χ0) is 8.43. The lowest BCUT2D eigenvalue weighted by molar-refractivity contribution is 0.0697. The predicted molar refractivity (Wildman–Crippen MR) is 46.6 cm³/mol. The molecule has 1 aromatic rings. The van der Waals surface area contributed by atoms with E-state index in [0.29, 0.717) is 0 Å². The minimum absolute atomic E-state index is 0.150. The van der Waals surface area contributed by atoms with E-state index in [1.165, 1.54) is 6.07 Å². The van der Waals surface area contributed by atoms with E-state index in [1.54, 1.807) is 12.1 Å². The second-order valence-electron chi connectivity index (χ2n) is 2.29. The van der Waals surface area contributed by atoms with Crippen molar-refractivity contribution in [3.8, 4) is 0 Å². The van der Waals surface area contributed by atoms with Crippen molar-refractivity contribution >= 4 is 30.9 Å². The Balaban J connectivity index is 3.20.